The highest BCUT2D eigenvalue weighted by Crippen LogP contribution is 2.52. The molecule has 3 aliphatic heterocycles. The van der Waals surface area contributed by atoms with Crippen LogP contribution in [0.2, 0.25) is 0 Å². The maximum absolute atomic E-state index is 14.0. The summed E-state index contributed by atoms with van der Waals surface area (Å²) in [5.41, 5.74) is 2.36. The monoisotopic (exact) mass is 625 g/mol. The van der Waals surface area contributed by atoms with Crippen molar-refractivity contribution in [1.82, 2.24) is 4.90 Å². The number of para-hydroxylation sites is 1. The van der Waals surface area contributed by atoms with Crippen LogP contribution in [0.25, 0.3) is 0 Å². The van der Waals surface area contributed by atoms with Gasteiger partial charge in [0.25, 0.3) is 5.91 Å². The second-order valence-electron chi connectivity index (χ2n) is 11.3. The summed E-state index contributed by atoms with van der Waals surface area (Å²) in [6, 6.07) is 22.6. The second kappa shape index (κ2) is 13.8. The predicted molar refractivity (Wildman–Crippen MR) is 174 cm³/mol. The van der Waals surface area contributed by atoms with Crippen molar-refractivity contribution < 1.29 is 33.3 Å². The SMILES string of the molecule is CCOC(=O)C1=C(C(=O)Nc2ccc(OC)cc2OC)C2C=CC1(C(Nc1ccccc1)c1ccc(CN3CCOCC3)cc1)O2. The van der Waals surface area contributed by atoms with Gasteiger partial charge in [0.1, 0.15) is 23.2 Å². The topological polar surface area (TPSA) is 108 Å². The van der Waals surface area contributed by atoms with Gasteiger partial charge in [-0.25, -0.2) is 4.79 Å². The molecule has 0 aliphatic carbocycles. The van der Waals surface area contributed by atoms with Crippen LogP contribution in [0.5, 0.6) is 11.5 Å². The Bertz CT molecular complexity index is 1620. The minimum absolute atomic E-state index is 0.140. The molecule has 3 unspecified atom stereocenters. The van der Waals surface area contributed by atoms with E-state index in [1.165, 1.54) is 12.7 Å². The molecule has 6 rings (SSSR count). The highest BCUT2D eigenvalue weighted by Gasteiger charge is 2.58. The van der Waals surface area contributed by atoms with Gasteiger partial charge in [0, 0.05) is 31.4 Å². The number of hydrogen-bond donors (Lipinski definition) is 2. The number of amides is 1. The molecule has 240 valence electrons. The van der Waals surface area contributed by atoms with Crippen LogP contribution in [0, 0.1) is 0 Å². The summed E-state index contributed by atoms with van der Waals surface area (Å²) in [4.78, 5) is 30.2. The molecule has 3 atom stereocenters. The van der Waals surface area contributed by atoms with E-state index in [1.54, 1.807) is 32.2 Å². The van der Waals surface area contributed by atoms with E-state index in [0.29, 0.717) is 17.2 Å². The van der Waals surface area contributed by atoms with E-state index in [2.05, 4.69) is 39.8 Å². The summed E-state index contributed by atoms with van der Waals surface area (Å²) in [5, 5.41) is 6.54. The minimum atomic E-state index is -1.32. The molecule has 1 amide bonds. The van der Waals surface area contributed by atoms with E-state index in [-0.39, 0.29) is 17.8 Å². The average Bonchev–Trinajstić information content (AvgIpc) is 3.67. The Morgan fingerprint density at radius 3 is 2.46 bits per heavy atom. The smallest absolute Gasteiger partial charge is 0.337 e. The van der Waals surface area contributed by atoms with Crippen LogP contribution in [-0.4, -0.2) is 75.6 Å². The van der Waals surface area contributed by atoms with Crippen molar-refractivity contribution in [2.24, 2.45) is 0 Å². The molecular formula is C36H39N3O7. The van der Waals surface area contributed by atoms with Gasteiger partial charge in [-0.05, 0) is 48.4 Å². The molecule has 3 aromatic carbocycles. The highest BCUT2D eigenvalue weighted by molar-refractivity contribution is 6.12. The minimum Gasteiger partial charge on any atom is -0.497 e. The van der Waals surface area contributed by atoms with Gasteiger partial charge in [0.05, 0.1) is 56.9 Å². The number of rotatable bonds is 12. The van der Waals surface area contributed by atoms with Crippen LogP contribution in [0.3, 0.4) is 0 Å². The van der Waals surface area contributed by atoms with Gasteiger partial charge >= 0.3 is 5.97 Å². The summed E-state index contributed by atoms with van der Waals surface area (Å²) < 4.78 is 28.5. The lowest BCUT2D eigenvalue weighted by molar-refractivity contribution is -0.140. The van der Waals surface area contributed by atoms with Gasteiger partial charge in [-0.1, -0.05) is 48.5 Å². The number of ether oxygens (including phenoxy) is 5. The van der Waals surface area contributed by atoms with E-state index < -0.39 is 29.6 Å². The number of hydrogen-bond acceptors (Lipinski definition) is 9. The quantitative estimate of drug-likeness (QED) is 0.215. The van der Waals surface area contributed by atoms with E-state index in [1.807, 2.05) is 42.5 Å². The van der Waals surface area contributed by atoms with Crippen LogP contribution in [0.4, 0.5) is 11.4 Å². The first-order chi connectivity index (χ1) is 22.5. The Morgan fingerprint density at radius 1 is 1.00 bits per heavy atom. The Hall–Kier alpha value is -4.64. The molecule has 3 aliphatic rings. The summed E-state index contributed by atoms with van der Waals surface area (Å²) >= 11 is 0. The summed E-state index contributed by atoms with van der Waals surface area (Å²) in [7, 11) is 3.07. The maximum Gasteiger partial charge on any atom is 0.337 e. The number of morpholine rings is 1. The molecule has 2 N–H and O–H groups in total. The molecule has 0 radical (unpaired) electrons. The summed E-state index contributed by atoms with van der Waals surface area (Å²) in [6.45, 7) is 5.95. The van der Waals surface area contributed by atoms with E-state index in [0.717, 1.165) is 44.1 Å². The van der Waals surface area contributed by atoms with Crippen molar-refractivity contribution in [3.63, 3.8) is 0 Å². The Labute approximate surface area is 268 Å². The fourth-order valence-corrected chi connectivity index (χ4v) is 6.26. The van der Waals surface area contributed by atoms with E-state index in [4.69, 9.17) is 23.7 Å². The third-order valence-corrected chi connectivity index (χ3v) is 8.50. The van der Waals surface area contributed by atoms with Crippen LogP contribution in [0.1, 0.15) is 24.1 Å². The number of benzene rings is 3. The van der Waals surface area contributed by atoms with Crippen molar-refractivity contribution >= 4 is 23.3 Å². The number of fused-ring (bicyclic) bond motifs is 2. The van der Waals surface area contributed by atoms with Gasteiger partial charge in [-0.2, -0.15) is 0 Å². The van der Waals surface area contributed by atoms with Crippen molar-refractivity contribution in [3.05, 3.63) is 107 Å². The van der Waals surface area contributed by atoms with Crippen LogP contribution >= 0.6 is 0 Å². The first-order valence-corrected chi connectivity index (χ1v) is 15.5. The molecule has 3 aromatic rings. The normalized spacial score (nSPS) is 21.2. The fraction of sp³-hybridized carbons (Fsp3) is 0.333. The lowest BCUT2D eigenvalue weighted by atomic mass is 9.78. The number of carbonyl (C=O) groups excluding carboxylic acids is 2. The molecule has 2 bridgehead atoms. The lowest BCUT2D eigenvalue weighted by Crippen LogP contribution is -2.42. The first-order valence-electron chi connectivity index (χ1n) is 15.5. The van der Waals surface area contributed by atoms with Gasteiger partial charge in [-0.3, -0.25) is 9.69 Å². The summed E-state index contributed by atoms with van der Waals surface area (Å²) in [5.74, 6) is -0.0922. The number of methoxy groups -OCH3 is 2. The number of anilines is 2. The van der Waals surface area contributed by atoms with Gasteiger partial charge in [-0.15, -0.1) is 0 Å². The zero-order chi connectivity index (χ0) is 32.1. The van der Waals surface area contributed by atoms with Gasteiger partial charge in [0.15, 0.2) is 0 Å². The number of carbonyl (C=O) groups is 2. The van der Waals surface area contributed by atoms with Gasteiger partial charge in [0.2, 0.25) is 0 Å². The molecule has 0 spiro atoms. The van der Waals surface area contributed by atoms with Crippen LogP contribution in [0.15, 0.2) is 96.1 Å². The van der Waals surface area contributed by atoms with E-state index >= 15 is 0 Å². The van der Waals surface area contributed by atoms with Crippen molar-refractivity contribution in [1.29, 1.82) is 0 Å². The third kappa shape index (κ3) is 6.24. The van der Waals surface area contributed by atoms with E-state index in [9.17, 15) is 9.59 Å². The molecule has 3 heterocycles. The zero-order valence-electron chi connectivity index (χ0n) is 26.3. The number of nitrogens with one attached hydrogen (secondary N) is 2. The largest absolute Gasteiger partial charge is 0.497 e. The molecule has 10 heteroatoms. The fourth-order valence-electron chi connectivity index (χ4n) is 6.26. The molecule has 0 aromatic heterocycles. The molecule has 10 nitrogen and oxygen atoms in total. The molecule has 1 saturated heterocycles. The van der Waals surface area contributed by atoms with Crippen LogP contribution < -0.4 is 20.1 Å². The number of nitrogens with zero attached hydrogens (tertiary/aromatic N) is 1. The first kappa shape index (κ1) is 31.3. The Balaban J connectivity index is 1.39. The standard InChI is InChI=1S/C36H39N3O7/c1-4-45-35(41)32-31(34(40)38-28-15-14-27(42-2)22-30(28)43-3)29-16-17-36(32,46-29)33(37-26-8-6-5-7-9-26)25-12-10-24(11-13-25)23-39-18-20-44-21-19-39/h5-17,22,29,33,37H,4,18-21,23H2,1-3H3,(H,38,40). The average molecular weight is 626 g/mol. The Morgan fingerprint density at radius 2 is 1.76 bits per heavy atom. The predicted octanol–water partition coefficient (Wildman–Crippen LogP) is 4.90. The second-order valence-corrected chi connectivity index (χ2v) is 11.3. The molecule has 0 saturated carbocycles. The van der Waals surface area contributed by atoms with Crippen molar-refractivity contribution in [2.75, 3.05) is 57.8 Å². The van der Waals surface area contributed by atoms with Crippen molar-refractivity contribution in [2.45, 2.75) is 31.2 Å². The highest BCUT2D eigenvalue weighted by atomic mass is 16.5. The lowest BCUT2D eigenvalue weighted by Gasteiger charge is -2.36. The summed E-state index contributed by atoms with van der Waals surface area (Å²) in [6.07, 6.45) is 2.94. The third-order valence-electron chi connectivity index (χ3n) is 8.50. The maximum atomic E-state index is 14.0. The molecular weight excluding hydrogens is 586 g/mol. The Kier molecular flexibility index (Phi) is 9.39. The van der Waals surface area contributed by atoms with Gasteiger partial charge < -0.3 is 34.3 Å². The van der Waals surface area contributed by atoms with Crippen LogP contribution in [-0.2, 0) is 30.3 Å². The van der Waals surface area contributed by atoms with Crippen molar-refractivity contribution in [3.8, 4) is 11.5 Å². The number of esters is 1. The molecule has 1 fully saturated rings. The molecule has 46 heavy (non-hydrogen) atoms. The zero-order valence-corrected chi connectivity index (χ0v) is 26.3.